The molecule has 98 valence electrons. The minimum atomic E-state index is -1.15. The summed E-state index contributed by atoms with van der Waals surface area (Å²) in [6, 6.07) is 14.8. The van der Waals surface area contributed by atoms with Crippen molar-refractivity contribution >= 4 is 23.4 Å². The molecule has 0 fully saturated rings. The van der Waals surface area contributed by atoms with Crippen LogP contribution in [0.4, 0.5) is 5.69 Å². The summed E-state index contributed by atoms with van der Waals surface area (Å²) in [7, 11) is 3.96. The largest absolute Gasteiger partial charge is 0.545 e. The van der Waals surface area contributed by atoms with Crippen molar-refractivity contribution in [1.29, 1.82) is 0 Å². The summed E-state index contributed by atoms with van der Waals surface area (Å²) < 4.78 is 0. The topological polar surface area (TPSA) is 43.4 Å². The van der Waals surface area contributed by atoms with Crippen LogP contribution in [-0.4, -0.2) is 20.1 Å². The van der Waals surface area contributed by atoms with Crippen LogP contribution in [0.2, 0.25) is 0 Å². The van der Waals surface area contributed by atoms with Crippen molar-refractivity contribution in [2.75, 3.05) is 19.0 Å². The van der Waals surface area contributed by atoms with Gasteiger partial charge in [0.1, 0.15) is 0 Å². The molecule has 2 aromatic rings. The van der Waals surface area contributed by atoms with E-state index in [1.807, 2.05) is 49.3 Å². The van der Waals surface area contributed by atoms with Crippen LogP contribution in [0.15, 0.2) is 58.3 Å². The van der Waals surface area contributed by atoms with Gasteiger partial charge < -0.3 is 14.8 Å². The van der Waals surface area contributed by atoms with Gasteiger partial charge in [-0.25, -0.2) is 0 Å². The Morgan fingerprint density at radius 3 is 2.26 bits per heavy atom. The van der Waals surface area contributed by atoms with Crippen LogP contribution < -0.4 is 10.0 Å². The first-order chi connectivity index (χ1) is 9.08. The fourth-order valence-corrected chi connectivity index (χ4v) is 2.60. The molecule has 0 bridgehead atoms. The van der Waals surface area contributed by atoms with Crippen molar-refractivity contribution in [3.05, 3.63) is 54.1 Å². The summed E-state index contributed by atoms with van der Waals surface area (Å²) in [5.41, 5.74) is 1.33. The van der Waals surface area contributed by atoms with Crippen LogP contribution in [0.5, 0.6) is 0 Å². The lowest BCUT2D eigenvalue weighted by molar-refractivity contribution is -0.255. The van der Waals surface area contributed by atoms with Gasteiger partial charge in [-0.3, -0.25) is 0 Å². The highest BCUT2D eigenvalue weighted by Gasteiger charge is 2.05. The molecule has 2 rings (SSSR count). The Morgan fingerprint density at radius 1 is 1.05 bits per heavy atom. The molecule has 4 heteroatoms. The third-order valence-corrected chi connectivity index (χ3v) is 3.77. The van der Waals surface area contributed by atoms with Gasteiger partial charge in [0.2, 0.25) is 0 Å². The number of nitrogens with zero attached hydrogens (tertiary/aromatic N) is 1. The highest BCUT2D eigenvalue weighted by atomic mass is 32.2. The number of hydrogen-bond donors (Lipinski definition) is 0. The maximum Gasteiger partial charge on any atom is 0.0726 e. The Bertz CT molecular complexity index is 579. The molecule has 0 saturated carbocycles. The van der Waals surface area contributed by atoms with Crippen molar-refractivity contribution < 1.29 is 9.90 Å². The molecule has 0 N–H and O–H groups in total. The first kappa shape index (κ1) is 13.5. The van der Waals surface area contributed by atoms with Crippen molar-refractivity contribution in [2.45, 2.75) is 9.79 Å². The van der Waals surface area contributed by atoms with Crippen LogP contribution in [-0.2, 0) is 0 Å². The van der Waals surface area contributed by atoms with E-state index in [0.29, 0.717) is 4.90 Å². The van der Waals surface area contributed by atoms with Gasteiger partial charge in [-0.15, -0.1) is 0 Å². The van der Waals surface area contributed by atoms with Crippen molar-refractivity contribution in [3.8, 4) is 0 Å². The summed E-state index contributed by atoms with van der Waals surface area (Å²) in [4.78, 5) is 14.7. The molecule has 0 amide bonds. The van der Waals surface area contributed by atoms with Crippen molar-refractivity contribution in [1.82, 2.24) is 0 Å². The van der Waals surface area contributed by atoms with E-state index in [2.05, 4.69) is 0 Å². The smallest absolute Gasteiger partial charge is 0.0726 e. The number of hydrogen-bond acceptors (Lipinski definition) is 4. The van der Waals surface area contributed by atoms with Gasteiger partial charge in [0.05, 0.1) is 5.97 Å². The monoisotopic (exact) mass is 272 g/mol. The van der Waals surface area contributed by atoms with Gasteiger partial charge in [-0.1, -0.05) is 30.0 Å². The Hall–Kier alpha value is -1.94. The molecule has 0 aliphatic rings. The van der Waals surface area contributed by atoms with Crippen LogP contribution in [0.1, 0.15) is 10.4 Å². The van der Waals surface area contributed by atoms with E-state index in [-0.39, 0.29) is 5.56 Å². The van der Waals surface area contributed by atoms with E-state index in [4.69, 9.17) is 0 Å². The lowest BCUT2D eigenvalue weighted by atomic mass is 10.2. The van der Waals surface area contributed by atoms with Crippen molar-refractivity contribution in [2.24, 2.45) is 0 Å². The number of carbonyl (C=O) groups is 1. The molecule has 0 atom stereocenters. The summed E-state index contributed by atoms with van der Waals surface area (Å²) in [6.07, 6.45) is 0. The number of benzene rings is 2. The second-order valence-corrected chi connectivity index (χ2v) is 5.39. The number of aromatic carboxylic acids is 1. The second-order valence-electron chi connectivity index (χ2n) is 4.27. The molecule has 0 aromatic heterocycles. The number of carboxylic acids is 1. The molecule has 0 radical (unpaired) electrons. The van der Waals surface area contributed by atoms with E-state index in [1.165, 1.54) is 11.8 Å². The number of carbonyl (C=O) groups excluding carboxylic acids is 1. The molecule has 19 heavy (non-hydrogen) atoms. The van der Waals surface area contributed by atoms with Gasteiger partial charge in [-0.2, -0.15) is 0 Å². The number of rotatable bonds is 4. The van der Waals surface area contributed by atoms with Crippen LogP contribution in [0.25, 0.3) is 0 Å². The van der Waals surface area contributed by atoms with Gasteiger partial charge in [0.15, 0.2) is 0 Å². The third-order valence-electron chi connectivity index (χ3n) is 2.69. The number of carboxylic acid groups (broad SMARTS) is 1. The first-order valence-corrected chi connectivity index (χ1v) is 6.65. The van der Waals surface area contributed by atoms with Crippen LogP contribution >= 0.6 is 11.8 Å². The summed E-state index contributed by atoms with van der Waals surface area (Å²) >= 11 is 1.42. The minimum Gasteiger partial charge on any atom is -0.545 e. The Kier molecular flexibility index (Phi) is 4.12. The Balaban J connectivity index is 2.24. The molecule has 0 aliphatic carbocycles. The quantitative estimate of drug-likeness (QED) is 0.856. The minimum absolute atomic E-state index is 0.226. The lowest BCUT2D eigenvalue weighted by Crippen LogP contribution is -2.22. The third kappa shape index (κ3) is 3.29. The van der Waals surface area contributed by atoms with E-state index < -0.39 is 5.97 Å². The fraction of sp³-hybridized carbons (Fsp3) is 0.133. The SMILES string of the molecule is CN(C)c1ccc(Sc2ccccc2C(=O)[O-])cc1. The fourth-order valence-electron chi connectivity index (χ4n) is 1.66. The normalized spacial score (nSPS) is 10.2. The molecule has 0 spiro atoms. The average Bonchev–Trinajstić information content (AvgIpc) is 2.39. The molecular weight excluding hydrogens is 258 g/mol. The standard InChI is InChI=1S/C15H15NO2S/c1-16(2)11-7-9-12(10-8-11)19-14-6-4-3-5-13(14)15(17)18/h3-10H,1-2H3,(H,17,18)/p-1. The molecule has 3 nitrogen and oxygen atoms in total. The van der Waals surface area contributed by atoms with E-state index in [9.17, 15) is 9.90 Å². The maximum atomic E-state index is 11.0. The highest BCUT2D eigenvalue weighted by molar-refractivity contribution is 7.99. The second kappa shape index (κ2) is 5.80. The van der Waals surface area contributed by atoms with Crippen molar-refractivity contribution in [3.63, 3.8) is 0 Å². The van der Waals surface area contributed by atoms with E-state index in [0.717, 1.165) is 10.6 Å². The Morgan fingerprint density at radius 2 is 1.68 bits per heavy atom. The Labute approximate surface area is 116 Å². The van der Waals surface area contributed by atoms with Crippen LogP contribution in [0, 0.1) is 0 Å². The zero-order valence-electron chi connectivity index (χ0n) is 10.8. The molecule has 0 heterocycles. The molecule has 0 aliphatic heterocycles. The van der Waals surface area contributed by atoms with Gasteiger partial charge in [0, 0.05) is 35.1 Å². The molecule has 0 unspecified atom stereocenters. The molecular formula is C15H14NO2S-. The molecule has 2 aromatic carbocycles. The predicted molar refractivity (Wildman–Crippen MR) is 75.7 cm³/mol. The number of anilines is 1. The van der Waals surface area contributed by atoms with E-state index >= 15 is 0 Å². The summed E-state index contributed by atoms with van der Waals surface area (Å²) in [6.45, 7) is 0. The predicted octanol–water partition coefficient (Wildman–Crippen LogP) is 2.27. The summed E-state index contributed by atoms with van der Waals surface area (Å²) in [5.74, 6) is -1.15. The first-order valence-electron chi connectivity index (χ1n) is 5.83. The lowest BCUT2D eigenvalue weighted by Gasteiger charge is -2.13. The van der Waals surface area contributed by atoms with Gasteiger partial charge in [-0.05, 0) is 30.3 Å². The van der Waals surface area contributed by atoms with Gasteiger partial charge >= 0.3 is 0 Å². The highest BCUT2D eigenvalue weighted by Crippen LogP contribution is 2.31. The van der Waals surface area contributed by atoms with Gasteiger partial charge in [0.25, 0.3) is 0 Å². The average molecular weight is 272 g/mol. The van der Waals surface area contributed by atoms with E-state index in [1.54, 1.807) is 18.2 Å². The zero-order chi connectivity index (χ0) is 13.8. The molecule has 0 saturated heterocycles. The summed E-state index contributed by atoms with van der Waals surface area (Å²) in [5, 5.41) is 11.0. The maximum absolute atomic E-state index is 11.0. The van der Waals surface area contributed by atoms with Crippen LogP contribution in [0.3, 0.4) is 0 Å². The zero-order valence-corrected chi connectivity index (χ0v) is 11.6.